The van der Waals surface area contributed by atoms with Crippen molar-refractivity contribution < 1.29 is 24.2 Å². The number of carboxylic acid groups (broad SMARTS) is 1. The molecule has 1 atom stereocenters. The van der Waals surface area contributed by atoms with Crippen molar-refractivity contribution in [2.75, 3.05) is 7.11 Å². The number of amides is 2. The molecule has 1 aromatic rings. The highest BCUT2D eigenvalue weighted by atomic mass is 16.5. The Bertz CT molecular complexity index is 542. The van der Waals surface area contributed by atoms with Gasteiger partial charge < -0.3 is 20.9 Å². The van der Waals surface area contributed by atoms with Crippen LogP contribution in [0.3, 0.4) is 0 Å². The van der Waals surface area contributed by atoms with E-state index in [1.54, 1.807) is 6.07 Å². The number of hydrogen-bond donors (Lipinski definition) is 3. The van der Waals surface area contributed by atoms with Crippen LogP contribution in [-0.2, 0) is 9.59 Å². The van der Waals surface area contributed by atoms with Gasteiger partial charge in [0.1, 0.15) is 11.8 Å². The van der Waals surface area contributed by atoms with Crippen LogP contribution in [0, 0.1) is 6.92 Å². The van der Waals surface area contributed by atoms with Crippen LogP contribution in [0.1, 0.15) is 22.3 Å². The van der Waals surface area contributed by atoms with Gasteiger partial charge in [-0.1, -0.05) is 6.07 Å². The summed E-state index contributed by atoms with van der Waals surface area (Å²) in [6.07, 6.45) is -0.468. The number of primary amides is 1. The number of benzene rings is 1. The van der Waals surface area contributed by atoms with Crippen LogP contribution in [0.2, 0.25) is 0 Å². The number of carbonyl (C=O) groups is 3. The molecule has 7 heteroatoms. The number of nitrogens with two attached hydrogens (primary N) is 1. The van der Waals surface area contributed by atoms with E-state index in [1.165, 1.54) is 19.2 Å². The largest absolute Gasteiger partial charge is 0.496 e. The summed E-state index contributed by atoms with van der Waals surface area (Å²) >= 11 is 0. The van der Waals surface area contributed by atoms with E-state index in [-0.39, 0.29) is 5.56 Å². The Kier molecular flexibility index (Phi) is 5.08. The number of ether oxygens (including phenoxy) is 1. The lowest BCUT2D eigenvalue weighted by Gasteiger charge is -2.13. The average molecular weight is 280 g/mol. The Morgan fingerprint density at radius 1 is 1.40 bits per heavy atom. The molecule has 0 aliphatic heterocycles. The van der Waals surface area contributed by atoms with Gasteiger partial charge in [-0.05, 0) is 24.6 Å². The molecule has 1 aromatic carbocycles. The lowest BCUT2D eigenvalue weighted by Crippen LogP contribution is -2.43. The second kappa shape index (κ2) is 6.55. The van der Waals surface area contributed by atoms with Gasteiger partial charge in [0, 0.05) is 5.56 Å². The van der Waals surface area contributed by atoms with Crippen molar-refractivity contribution in [1.29, 1.82) is 0 Å². The first-order chi connectivity index (χ1) is 9.35. The molecule has 0 fully saturated rings. The summed E-state index contributed by atoms with van der Waals surface area (Å²) in [5.74, 6) is -2.23. The van der Waals surface area contributed by atoms with E-state index >= 15 is 0 Å². The van der Waals surface area contributed by atoms with Crippen molar-refractivity contribution in [3.05, 3.63) is 29.3 Å². The van der Waals surface area contributed by atoms with Gasteiger partial charge in [-0.3, -0.25) is 9.59 Å². The normalized spacial score (nSPS) is 11.5. The maximum atomic E-state index is 11.9. The number of aliphatic carboxylic acids is 1. The molecule has 108 valence electrons. The van der Waals surface area contributed by atoms with E-state index in [2.05, 4.69) is 5.32 Å². The molecule has 0 saturated carbocycles. The summed E-state index contributed by atoms with van der Waals surface area (Å²) in [6.45, 7) is 1.81. The number of carboxylic acids is 1. The molecule has 1 rings (SSSR count). The van der Waals surface area contributed by atoms with Gasteiger partial charge in [-0.25, -0.2) is 4.79 Å². The first kappa shape index (κ1) is 15.5. The second-order valence-electron chi connectivity index (χ2n) is 4.22. The van der Waals surface area contributed by atoms with Crippen molar-refractivity contribution in [2.24, 2.45) is 5.73 Å². The Balaban J connectivity index is 2.88. The number of hydrogen-bond acceptors (Lipinski definition) is 4. The molecule has 0 radical (unpaired) electrons. The summed E-state index contributed by atoms with van der Waals surface area (Å²) in [6, 6.07) is 3.36. The lowest BCUT2D eigenvalue weighted by atomic mass is 10.1. The summed E-state index contributed by atoms with van der Waals surface area (Å²) in [5.41, 5.74) is 6.02. The van der Waals surface area contributed by atoms with Crippen molar-refractivity contribution in [3.63, 3.8) is 0 Å². The summed E-state index contributed by atoms with van der Waals surface area (Å²) in [7, 11) is 1.47. The summed E-state index contributed by atoms with van der Waals surface area (Å²) in [4.78, 5) is 33.6. The van der Waals surface area contributed by atoms with E-state index < -0.39 is 30.2 Å². The molecule has 0 heterocycles. The van der Waals surface area contributed by atoms with Gasteiger partial charge in [0.05, 0.1) is 13.5 Å². The first-order valence-corrected chi connectivity index (χ1v) is 5.81. The molecule has 7 nitrogen and oxygen atoms in total. The van der Waals surface area contributed by atoms with Crippen molar-refractivity contribution in [3.8, 4) is 5.75 Å². The zero-order valence-corrected chi connectivity index (χ0v) is 11.2. The van der Waals surface area contributed by atoms with Crippen molar-refractivity contribution in [1.82, 2.24) is 5.32 Å². The van der Waals surface area contributed by atoms with Gasteiger partial charge in [0.25, 0.3) is 5.91 Å². The molecular weight excluding hydrogens is 264 g/mol. The third-order valence-electron chi connectivity index (χ3n) is 2.68. The van der Waals surface area contributed by atoms with Crippen molar-refractivity contribution in [2.45, 2.75) is 19.4 Å². The number of carbonyl (C=O) groups excluding carboxylic acids is 2. The first-order valence-electron chi connectivity index (χ1n) is 5.81. The highest BCUT2D eigenvalue weighted by molar-refractivity contribution is 5.98. The average Bonchev–Trinajstić information content (AvgIpc) is 2.37. The topological polar surface area (TPSA) is 119 Å². The second-order valence-corrected chi connectivity index (χ2v) is 4.22. The molecule has 20 heavy (non-hydrogen) atoms. The molecule has 0 aromatic heterocycles. The summed E-state index contributed by atoms with van der Waals surface area (Å²) in [5, 5.41) is 11.2. The zero-order valence-electron chi connectivity index (χ0n) is 11.2. The fourth-order valence-corrected chi connectivity index (χ4v) is 1.60. The molecule has 0 aliphatic rings. The van der Waals surface area contributed by atoms with Crippen LogP contribution in [0.4, 0.5) is 0 Å². The zero-order chi connectivity index (χ0) is 15.3. The minimum atomic E-state index is -1.35. The smallest absolute Gasteiger partial charge is 0.326 e. The van der Waals surface area contributed by atoms with Crippen LogP contribution in [0.25, 0.3) is 0 Å². The molecular formula is C13H16N2O5. The quantitative estimate of drug-likeness (QED) is 0.681. The maximum Gasteiger partial charge on any atom is 0.326 e. The highest BCUT2D eigenvalue weighted by Gasteiger charge is 2.23. The minimum absolute atomic E-state index is 0.239. The van der Waals surface area contributed by atoms with Crippen LogP contribution < -0.4 is 15.8 Å². The Hall–Kier alpha value is -2.57. The molecule has 0 spiro atoms. The van der Waals surface area contributed by atoms with E-state index in [9.17, 15) is 14.4 Å². The molecule has 2 amide bonds. The predicted octanol–water partition coefficient (Wildman–Crippen LogP) is 0.0620. The Morgan fingerprint density at radius 3 is 2.55 bits per heavy atom. The fraction of sp³-hybridized carbons (Fsp3) is 0.308. The minimum Gasteiger partial charge on any atom is -0.496 e. The van der Waals surface area contributed by atoms with E-state index in [0.717, 1.165) is 5.56 Å². The van der Waals surface area contributed by atoms with E-state index in [0.29, 0.717) is 5.75 Å². The predicted molar refractivity (Wildman–Crippen MR) is 70.4 cm³/mol. The van der Waals surface area contributed by atoms with Gasteiger partial charge in [-0.15, -0.1) is 0 Å². The van der Waals surface area contributed by atoms with Crippen LogP contribution in [0.5, 0.6) is 5.75 Å². The van der Waals surface area contributed by atoms with Crippen LogP contribution >= 0.6 is 0 Å². The number of methoxy groups -OCH3 is 1. The SMILES string of the molecule is COc1cc(C(=O)N[C@@H](CC(N)=O)C(=O)O)ccc1C. The summed E-state index contributed by atoms with van der Waals surface area (Å²) < 4.78 is 5.08. The Morgan fingerprint density at radius 2 is 2.05 bits per heavy atom. The van der Waals surface area contributed by atoms with Crippen LogP contribution in [0.15, 0.2) is 18.2 Å². The third kappa shape index (κ3) is 3.98. The highest BCUT2D eigenvalue weighted by Crippen LogP contribution is 2.19. The van der Waals surface area contributed by atoms with E-state index in [4.69, 9.17) is 15.6 Å². The molecule has 0 unspecified atom stereocenters. The maximum absolute atomic E-state index is 11.9. The van der Waals surface area contributed by atoms with Gasteiger partial charge in [-0.2, -0.15) is 0 Å². The Labute approximate surface area is 115 Å². The number of nitrogens with one attached hydrogen (secondary N) is 1. The monoisotopic (exact) mass is 280 g/mol. The van der Waals surface area contributed by atoms with Crippen LogP contribution in [-0.4, -0.2) is 36.0 Å². The molecule has 0 aliphatic carbocycles. The fourth-order valence-electron chi connectivity index (χ4n) is 1.60. The molecule has 0 saturated heterocycles. The van der Waals surface area contributed by atoms with Gasteiger partial charge >= 0.3 is 5.97 Å². The third-order valence-corrected chi connectivity index (χ3v) is 2.68. The van der Waals surface area contributed by atoms with E-state index in [1.807, 2.05) is 6.92 Å². The molecule has 4 N–H and O–H groups in total. The molecule has 0 bridgehead atoms. The number of rotatable bonds is 6. The van der Waals surface area contributed by atoms with Crippen molar-refractivity contribution >= 4 is 17.8 Å². The number of aryl methyl sites for hydroxylation is 1. The lowest BCUT2D eigenvalue weighted by molar-refractivity contribution is -0.140. The van der Waals surface area contributed by atoms with Gasteiger partial charge in [0.15, 0.2) is 0 Å². The van der Waals surface area contributed by atoms with Gasteiger partial charge in [0.2, 0.25) is 5.91 Å². The standard InChI is InChI=1S/C13H16N2O5/c1-7-3-4-8(5-10(7)20-2)12(17)15-9(13(18)19)6-11(14)16/h3-5,9H,6H2,1-2H3,(H2,14,16)(H,15,17)(H,18,19)/t9-/m0/s1.